The van der Waals surface area contributed by atoms with Crippen LogP contribution in [0.5, 0.6) is 11.5 Å². The Hall–Kier alpha value is -4.90. The first-order valence-electron chi connectivity index (χ1n) is 18.9. The van der Waals surface area contributed by atoms with E-state index in [2.05, 4.69) is 16.0 Å². The SMILES string of the molecule is COc1cccc(CCCOCCC(=O)N[C@H]2CC(=O)N3CCCC(CCOc4ccc(C)c(c4)CNC(=O)[C@H](CCc4ccccc4)NC2=O)C3)c1. The summed E-state index contributed by atoms with van der Waals surface area (Å²) in [6.07, 6.45) is 4.90. The molecule has 0 saturated carbocycles. The highest BCUT2D eigenvalue weighted by Gasteiger charge is 2.32. The molecule has 53 heavy (non-hydrogen) atoms. The van der Waals surface area contributed by atoms with Gasteiger partial charge in [0.1, 0.15) is 23.6 Å². The largest absolute Gasteiger partial charge is 0.497 e. The summed E-state index contributed by atoms with van der Waals surface area (Å²) in [6, 6.07) is 21.4. The molecular formula is C42H54N4O7. The molecule has 0 aromatic heterocycles. The van der Waals surface area contributed by atoms with E-state index in [9.17, 15) is 19.2 Å². The summed E-state index contributed by atoms with van der Waals surface area (Å²) >= 11 is 0. The summed E-state index contributed by atoms with van der Waals surface area (Å²) in [7, 11) is 1.64. The van der Waals surface area contributed by atoms with Crippen molar-refractivity contribution in [2.45, 2.75) is 83.3 Å². The molecule has 11 heteroatoms. The van der Waals surface area contributed by atoms with Crippen LogP contribution in [0.2, 0.25) is 0 Å². The van der Waals surface area contributed by atoms with E-state index in [1.165, 1.54) is 0 Å². The molecule has 1 unspecified atom stereocenters. The van der Waals surface area contributed by atoms with Gasteiger partial charge in [-0.25, -0.2) is 0 Å². The first-order chi connectivity index (χ1) is 25.8. The van der Waals surface area contributed by atoms with E-state index >= 15 is 0 Å². The van der Waals surface area contributed by atoms with Crippen LogP contribution in [-0.2, 0) is 43.3 Å². The molecule has 284 valence electrons. The second-order valence-corrected chi connectivity index (χ2v) is 14.0. The van der Waals surface area contributed by atoms with Crippen LogP contribution in [0.25, 0.3) is 0 Å². The summed E-state index contributed by atoms with van der Waals surface area (Å²) in [5, 5.41) is 8.71. The number of methoxy groups -OCH3 is 1. The number of piperidine rings is 1. The molecule has 3 aromatic rings. The van der Waals surface area contributed by atoms with E-state index in [1.54, 1.807) is 12.0 Å². The summed E-state index contributed by atoms with van der Waals surface area (Å²) in [6.45, 7) is 4.55. The monoisotopic (exact) mass is 726 g/mol. The molecule has 4 amide bonds. The Labute approximate surface area is 313 Å². The van der Waals surface area contributed by atoms with Crippen LogP contribution >= 0.6 is 0 Å². The van der Waals surface area contributed by atoms with Crippen LogP contribution < -0.4 is 25.4 Å². The Morgan fingerprint density at radius 2 is 1.77 bits per heavy atom. The normalized spacial score (nSPS) is 19.9. The zero-order valence-corrected chi connectivity index (χ0v) is 31.1. The van der Waals surface area contributed by atoms with Gasteiger partial charge in [-0.1, -0.05) is 48.5 Å². The summed E-state index contributed by atoms with van der Waals surface area (Å²) in [5.74, 6) is 0.276. The Kier molecular flexibility index (Phi) is 15.1. The van der Waals surface area contributed by atoms with E-state index in [1.807, 2.05) is 79.7 Å². The van der Waals surface area contributed by atoms with Crippen molar-refractivity contribution in [3.8, 4) is 11.5 Å². The van der Waals surface area contributed by atoms with Crippen molar-refractivity contribution in [2.24, 2.45) is 5.92 Å². The average Bonchev–Trinajstić information content (AvgIpc) is 3.17. The highest BCUT2D eigenvalue weighted by Crippen LogP contribution is 2.23. The lowest BCUT2D eigenvalue weighted by Gasteiger charge is -2.34. The van der Waals surface area contributed by atoms with Gasteiger partial charge in [0.05, 0.1) is 26.7 Å². The molecule has 5 rings (SSSR count). The standard InChI is InChI=1S/C42H54N4O7/c1-30-15-17-36-26-34(30)28-43-41(49)37(18-16-31-9-4-3-5-10-31)45-42(50)38(27-40(48)46-21-7-12-33(29-46)19-24-53-36)44-39(47)20-23-52-22-8-13-32-11-6-14-35(25-32)51-2/h3-6,9-11,14-15,17,25-26,33,37-38H,7-8,12-13,16,18-24,27-29H2,1-2H3,(H,43,49)(H,44,47)(H,45,50)/t33?,37-,38-/m0/s1. The zero-order chi connectivity index (χ0) is 37.4. The first kappa shape index (κ1) is 39.3. The van der Waals surface area contributed by atoms with Crippen molar-refractivity contribution in [3.63, 3.8) is 0 Å². The third-order valence-corrected chi connectivity index (χ3v) is 10.0. The summed E-state index contributed by atoms with van der Waals surface area (Å²) in [5.41, 5.74) is 4.10. The van der Waals surface area contributed by atoms with Gasteiger partial charge in [0.2, 0.25) is 23.6 Å². The van der Waals surface area contributed by atoms with Gasteiger partial charge in [0, 0.05) is 32.7 Å². The minimum absolute atomic E-state index is 0.0270. The number of nitrogens with one attached hydrogen (secondary N) is 3. The maximum Gasteiger partial charge on any atom is 0.243 e. The number of carbonyl (C=O) groups is 4. The number of rotatable bonds is 12. The van der Waals surface area contributed by atoms with Crippen LogP contribution in [0.1, 0.15) is 67.2 Å². The van der Waals surface area contributed by atoms with Crippen molar-refractivity contribution in [1.29, 1.82) is 0 Å². The lowest BCUT2D eigenvalue weighted by molar-refractivity contribution is -0.138. The van der Waals surface area contributed by atoms with Crippen LogP contribution in [0.3, 0.4) is 0 Å². The fourth-order valence-electron chi connectivity index (χ4n) is 6.85. The minimum Gasteiger partial charge on any atom is -0.497 e. The maximum atomic E-state index is 14.0. The Morgan fingerprint density at radius 1 is 0.943 bits per heavy atom. The Bertz CT molecular complexity index is 1670. The molecular weight excluding hydrogens is 672 g/mol. The van der Waals surface area contributed by atoms with Crippen molar-refractivity contribution in [1.82, 2.24) is 20.9 Å². The van der Waals surface area contributed by atoms with Crippen LogP contribution in [0, 0.1) is 12.8 Å². The van der Waals surface area contributed by atoms with E-state index in [0.29, 0.717) is 39.1 Å². The summed E-state index contributed by atoms with van der Waals surface area (Å²) < 4.78 is 17.2. The number of fused-ring (bicyclic) bond motifs is 4. The quantitative estimate of drug-likeness (QED) is 0.231. The highest BCUT2D eigenvalue weighted by atomic mass is 16.5. The van der Waals surface area contributed by atoms with Gasteiger partial charge >= 0.3 is 0 Å². The molecule has 4 bridgehead atoms. The van der Waals surface area contributed by atoms with E-state index < -0.39 is 23.9 Å². The minimum atomic E-state index is -1.16. The van der Waals surface area contributed by atoms with Gasteiger partial charge in [-0.15, -0.1) is 0 Å². The molecule has 3 N–H and O–H groups in total. The molecule has 0 aliphatic carbocycles. The van der Waals surface area contributed by atoms with Crippen molar-refractivity contribution >= 4 is 23.6 Å². The van der Waals surface area contributed by atoms with Gasteiger partial charge in [0.15, 0.2) is 0 Å². The number of carbonyl (C=O) groups excluding carboxylic acids is 4. The Morgan fingerprint density at radius 3 is 2.60 bits per heavy atom. The van der Waals surface area contributed by atoms with Gasteiger partial charge < -0.3 is 35.1 Å². The summed E-state index contributed by atoms with van der Waals surface area (Å²) in [4.78, 5) is 56.4. The van der Waals surface area contributed by atoms with Crippen LogP contribution in [0.15, 0.2) is 72.8 Å². The molecule has 2 aliphatic heterocycles. The average molecular weight is 727 g/mol. The fraction of sp³-hybridized carbons (Fsp3) is 0.476. The molecule has 0 spiro atoms. The predicted molar refractivity (Wildman–Crippen MR) is 202 cm³/mol. The van der Waals surface area contributed by atoms with Gasteiger partial charge in [0.25, 0.3) is 0 Å². The second kappa shape index (κ2) is 20.4. The second-order valence-electron chi connectivity index (χ2n) is 14.0. The predicted octanol–water partition coefficient (Wildman–Crippen LogP) is 4.67. The van der Waals surface area contributed by atoms with Crippen molar-refractivity contribution in [2.75, 3.05) is 40.0 Å². The van der Waals surface area contributed by atoms with Gasteiger partial charge in [-0.05, 0) is 104 Å². The third kappa shape index (κ3) is 12.6. The lowest BCUT2D eigenvalue weighted by Crippen LogP contribution is -2.55. The van der Waals surface area contributed by atoms with Gasteiger partial charge in [-0.2, -0.15) is 0 Å². The maximum absolute atomic E-state index is 14.0. The zero-order valence-electron chi connectivity index (χ0n) is 31.1. The fourth-order valence-corrected chi connectivity index (χ4v) is 6.85. The number of nitrogens with zero attached hydrogens (tertiary/aromatic N) is 1. The molecule has 1 fully saturated rings. The lowest BCUT2D eigenvalue weighted by atomic mass is 9.94. The number of aryl methyl sites for hydroxylation is 3. The molecule has 11 nitrogen and oxygen atoms in total. The van der Waals surface area contributed by atoms with Crippen LogP contribution in [-0.4, -0.2) is 80.6 Å². The number of hydrogen-bond donors (Lipinski definition) is 3. The molecule has 2 heterocycles. The number of ether oxygens (including phenoxy) is 3. The number of amides is 4. The third-order valence-electron chi connectivity index (χ3n) is 10.0. The number of benzene rings is 3. The highest BCUT2D eigenvalue weighted by molar-refractivity contribution is 5.95. The van der Waals surface area contributed by atoms with Crippen molar-refractivity contribution in [3.05, 3.63) is 95.1 Å². The van der Waals surface area contributed by atoms with E-state index in [-0.39, 0.29) is 43.7 Å². The number of hydrogen-bond acceptors (Lipinski definition) is 7. The van der Waals surface area contributed by atoms with Crippen molar-refractivity contribution < 1.29 is 33.4 Å². The molecule has 3 aromatic carbocycles. The first-order valence-corrected chi connectivity index (χ1v) is 18.9. The topological polar surface area (TPSA) is 135 Å². The van der Waals surface area contributed by atoms with E-state index in [0.717, 1.165) is 65.9 Å². The Balaban J connectivity index is 1.26. The van der Waals surface area contributed by atoms with Gasteiger partial charge in [-0.3, -0.25) is 19.2 Å². The molecule has 1 saturated heterocycles. The van der Waals surface area contributed by atoms with E-state index in [4.69, 9.17) is 14.2 Å². The molecule has 3 atom stereocenters. The molecule has 0 radical (unpaired) electrons. The molecule has 2 aliphatic rings. The smallest absolute Gasteiger partial charge is 0.243 e. The van der Waals surface area contributed by atoms with Crippen LogP contribution in [0.4, 0.5) is 0 Å².